The second kappa shape index (κ2) is 11.6. The molecule has 1 fully saturated rings. The summed E-state index contributed by atoms with van der Waals surface area (Å²) in [5, 5.41) is 7.56. The predicted molar refractivity (Wildman–Crippen MR) is 128 cm³/mol. The van der Waals surface area contributed by atoms with E-state index in [0.717, 1.165) is 35.9 Å². The standard InChI is InChI=1S/C21H27ClN4O2.HI/c1-23-20(25-14-16-6-7-19(24-13-16)28-11-10-27-2)26-15-21(8-9-21)17-4-3-5-18(22)12-17;/h3-7,12-13H,8-11,14-15H2,1-2H3,(H2,23,25,26);1H. The van der Waals surface area contributed by atoms with Gasteiger partial charge in [-0.15, -0.1) is 24.0 Å². The van der Waals surface area contributed by atoms with Gasteiger partial charge in [-0.05, 0) is 36.1 Å². The molecule has 0 bridgehead atoms. The first-order chi connectivity index (χ1) is 13.6. The van der Waals surface area contributed by atoms with Gasteiger partial charge in [-0.3, -0.25) is 4.99 Å². The Balaban J connectivity index is 0.00000300. The molecule has 1 aromatic heterocycles. The normalized spacial score (nSPS) is 14.7. The Labute approximate surface area is 194 Å². The Morgan fingerprint density at radius 2 is 2.03 bits per heavy atom. The van der Waals surface area contributed by atoms with Crippen LogP contribution in [0.15, 0.2) is 47.6 Å². The van der Waals surface area contributed by atoms with Crippen LogP contribution in [-0.4, -0.2) is 44.9 Å². The maximum Gasteiger partial charge on any atom is 0.213 e. The van der Waals surface area contributed by atoms with Gasteiger partial charge in [-0.1, -0.05) is 29.8 Å². The quantitative estimate of drug-likeness (QED) is 0.224. The average Bonchev–Trinajstić information content (AvgIpc) is 3.51. The van der Waals surface area contributed by atoms with Crippen LogP contribution in [0.25, 0.3) is 0 Å². The van der Waals surface area contributed by atoms with Gasteiger partial charge in [0, 0.05) is 49.9 Å². The molecule has 3 rings (SSSR count). The number of guanidine groups is 1. The molecule has 0 saturated heterocycles. The summed E-state index contributed by atoms with van der Waals surface area (Å²) in [6, 6.07) is 12.0. The van der Waals surface area contributed by atoms with Gasteiger partial charge in [0.15, 0.2) is 5.96 Å². The third kappa shape index (κ3) is 7.01. The number of aromatic nitrogens is 1. The van der Waals surface area contributed by atoms with Gasteiger partial charge in [0.1, 0.15) is 6.61 Å². The van der Waals surface area contributed by atoms with E-state index in [-0.39, 0.29) is 29.4 Å². The van der Waals surface area contributed by atoms with Crippen LogP contribution >= 0.6 is 35.6 Å². The fourth-order valence-corrected chi connectivity index (χ4v) is 3.22. The second-order valence-corrected chi connectivity index (χ2v) is 7.35. The first kappa shape index (κ1) is 23.7. The van der Waals surface area contributed by atoms with Gasteiger partial charge in [0.25, 0.3) is 0 Å². The molecule has 0 unspecified atom stereocenters. The highest BCUT2D eigenvalue weighted by molar-refractivity contribution is 14.0. The van der Waals surface area contributed by atoms with Crippen LogP contribution in [0.3, 0.4) is 0 Å². The van der Waals surface area contributed by atoms with Crippen LogP contribution in [0.4, 0.5) is 0 Å². The Bertz CT molecular complexity index is 798. The molecule has 6 nitrogen and oxygen atoms in total. The zero-order chi connectivity index (χ0) is 19.8. The van der Waals surface area contributed by atoms with Crippen LogP contribution in [0.2, 0.25) is 5.02 Å². The fourth-order valence-electron chi connectivity index (χ4n) is 3.03. The first-order valence-electron chi connectivity index (χ1n) is 9.42. The van der Waals surface area contributed by atoms with Crippen LogP contribution in [0, 0.1) is 0 Å². The Morgan fingerprint density at radius 1 is 1.21 bits per heavy atom. The lowest BCUT2D eigenvalue weighted by Crippen LogP contribution is -2.40. The van der Waals surface area contributed by atoms with E-state index in [2.05, 4.69) is 32.7 Å². The van der Waals surface area contributed by atoms with Crippen molar-refractivity contribution in [2.24, 2.45) is 4.99 Å². The van der Waals surface area contributed by atoms with Crippen molar-refractivity contribution in [3.8, 4) is 5.88 Å². The average molecular weight is 531 g/mol. The number of pyridine rings is 1. The monoisotopic (exact) mass is 530 g/mol. The maximum absolute atomic E-state index is 6.16. The zero-order valence-electron chi connectivity index (χ0n) is 16.8. The SMILES string of the molecule is CN=C(NCc1ccc(OCCOC)nc1)NCC1(c2cccc(Cl)c2)CC1.I. The molecule has 1 aliphatic carbocycles. The zero-order valence-corrected chi connectivity index (χ0v) is 19.9. The van der Waals surface area contributed by atoms with Crippen molar-refractivity contribution in [2.75, 3.05) is 33.9 Å². The van der Waals surface area contributed by atoms with E-state index in [9.17, 15) is 0 Å². The van der Waals surface area contributed by atoms with Crippen LogP contribution in [0.5, 0.6) is 5.88 Å². The summed E-state index contributed by atoms with van der Waals surface area (Å²) in [7, 11) is 3.42. The molecule has 8 heteroatoms. The molecule has 158 valence electrons. The van der Waals surface area contributed by atoms with Crippen molar-refractivity contribution < 1.29 is 9.47 Å². The van der Waals surface area contributed by atoms with Gasteiger partial charge >= 0.3 is 0 Å². The number of ether oxygens (including phenoxy) is 2. The lowest BCUT2D eigenvalue weighted by molar-refractivity contribution is 0.143. The number of aliphatic imine (C=N–C) groups is 1. The van der Waals surface area contributed by atoms with E-state index in [4.69, 9.17) is 21.1 Å². The molecule has 1 aromatic carbocycles. The number of hydrogen-bond acceptors (Lipinski definition) is 4. The van der Waals surface area contributed by atoms with E-state index in [1.807, 2.05) is 24.3 Å². The second-order valence-electron chi connectivity index (χ2n) is 6.92. The van der Waals surface area contributed by atoms with E-state index in [1.54, 1.807) is 20.4 Å². The highest BCUT2D eigenvalue weighted by atomic mass is 127. The molecule has 1 heterocycles. The van der Waals surface area contributed by atoms with Gasteiger partial charge < -0.3 is 20.1 Å². The first-order valence-corrected chi connectivity index (χ1v) is 9.80. The Kier molecular flexibility index (Phi) is 9.45. The molecule has 2 N–H and O–H groups in total. The molecule has 0 aliphatic heterocycles. The fraction of sp³-hybridized carbons (Fsp3) is 0.429. The number of rotatable bonds is 9. The third-order valence-corrected chi connectivity index (χ3v) is 5.14. The van der Waals surface area contributed by atoms with Gasteiger partial charge in [0.2, 0.25) is 5.88 Å². The molecule has 0 spiro atoms. The van der Waals surface area contributed by atoms with Crippen molar-refractivity contribution >= 4 is 41.5 Å². The molecule has 0 atom stereocenters. The van der Waals surface area contributed by atoms with Crippen molar-refractivity contribution in [3.05, 3.63) is 58.7 Å². The van der Waals surface area contributed by atoms with Crippen molar-refractivity contribution in [1.29, 1.82) is 0 Å². The number of hydrogen-bond donors (Lipinski definition) is 2. The van der Waals surface area contributed by atoms with Gasteiger partial charge in [-0.2, -0.15) is 0 Å². The van der Waals surface area contributed by atoms with Crippen molar-refractivity contribution in [1.82, 2.24) is 15.6 Å². The minimum absolute atomic E-state index is 0. The molecule has 29 heavy (non-hydrogen) atoms. The molecule has 1 saturated carbocycles. The summed E-state index contributed by atoms with van der Waals surface area (Å²) in [6.45, 7) is 2.50. The minimum Gasteiger partial charge on any atom is -0.475 e. The van der Waals surface area contributed by atoms with Gasteiger partial charge in [-0.25, -0.2) is 4.98 Å². The molecular weight excluding hydrogens is 503 g/mol. The Morgan fingerprint density at radius 3 is 2.66 bits per heavy atom. The third-order valence-electron chi connectivity index (χ3n) is 4.90. The van der Waals surface area contributed by atoms with Crippen molar-refractivity contribution in [3.63, 3.8) is 0 Å². The molecule has 2 aromatic rings. The van der Waals surface area contributed by atoms with Gasteiger partial charge in [0.05, 0.1) is 6.61 Å². The molecular formula is C21H28ClIN4O2. The van der Waals surface area contributed by atoms with Crippen LogP contribution in [-0.2, 0) is 16.7 Å². The minimum atomic E-state index is 0. The number of benzene rings is 1. The Hall–Kier alpha value is -1.58. The summed E-state index contributed by atoms with van der Waals surface area (Å²) in [6.07, 6.45) is 4.12. The number of halogens is 2. The predicted octanol–water partition coefficient (Wildman–Crippen LogP) is 3.78. The number of nitrogens with zero attached hydrogens (tertiary/aromatic N) is 2. The lowest BCUT2D eigenvalue weighted by Gasteiger charge is -2.19. The number of methoxy groups -OCH3 is 1. The molecule has 0 radical (unpaired) electrons. The smallest absolute Gasteiger partial charge is 0.213 e. The molecule has 1 aliphatic rings. The summed E-state index contributed by atoms with van der Waals surface area (Å²) >= 11 is 6.16. The van der Waals surface area contributed by atoms with Crippen molar-refractivity contribution in [2.45, 2.75) is 24.8 Å². The summed E-state index contributed by atoms with van der Waals surface area (Å²) < 4.78 is 10.4. The van der Waals surface area contributed by atoms with Crippen LogP contribution in [0.1, 0.15) is 24.0 Å². The summed E-state index contributed by atoms with van der Waals surface area (Å²) in [5.74, 6) is 1.37. The molecule has 0 amide bonds. The highest BCUT2D eigenvalue weighted by Gasteiger charge is 2.44. The summed E-state index contributed by atoms with van der Waals surface area (Å²) in [4.78, 5) is 8.63. The maximum atomic E-state index is 6.16. The van der Waals surface area contributed by atoms with Crippen LogP contribution < -0.4 is 15.4 Å². The van der Waals surface area contributed by atoms with E-state index in [1.165, 1.54) is 5.56 Å². The lowest BCUT2D eigenvalue weighted by atomic mass is 9.96. The largest absolute Gasteiger partial charge is 0.475 e. The van der Waals surface area contributed by atoms with E-state index < -0.39 is 0 Å². The summed E-state index contributed by atoms with van der Waals surface area (Å²) in [5.41, 5.74) is 2.50. The number of nitrogens with one attached hydrogen (secondary N) is 2. The van der Waals surface area contributed by atoms with E-state index in [0.29, 0.717) is 25.6 Å². The highest BCUT2D eigenvalue weighted by Crippen LogP contribution is 2.48. The van der Waals surface area contributed by atoms with E-state index >= 15 is 0 Å². The topological polar surface area (TPSA) is 67.8 Å².